The van der Waals surface area contributed by atoms with Crippen LogP contribution in [-0.2, 0) is 17.1 Å². The van der Waals surface area contributed by atoms with Crippen LogP contribution in [0, 0.1) is 0 Å². The van der Waals surface area contributed by atoms with Crippen LogP contribution in [0.4, 0.5) is 0 Å². The van der Waals surface area contributed by atoms with Gasteiger partial charge in [-0.3, -0.25) is 4.68 Å². The van der Waals surface area contributed by atoms with Gasteiger partial charge in [-0.2, -0.15) is 14.4 Å². The number of nitrogens with zero attached hydrogens (tertiary/aromatic N) is 5. The average Bonchev–Trinajstić information content (AvgIpc) is 3.31. The predicted molar refractivity (Wildman–Crippen MR) is 93.4 cm³/mol. The Hall–Kier alpha value is -2.52. The lowest BCUT2D eigenvalue weighted by Crippen LogP contribution is -2.38. The van der Waals surface area contributed by atoms with Crippen LogP contribution in [-0.4, -0.2) is 39.2 Å². The molecule has 0 N–H and O–H groups in total. The van der Waals surface area contributed by atoms with Crippen molar-refractivity contribution in [2.45, 2.75) is 30.2 Å². The van der Waals surface area contributed by atoms with Crippen LogP contribution in [0.25, 0.3) is 11.5 Å². The van der Waals surface area contributed by atoms with E-state index >= 15 is 0 Å². The van der Waals surface area contributed by atoms with Gasteiger partial charge in [-0.05, 0) is 31.0 Å². The highest BCUT2D eigenvalue weighted by molar-refractivity contribution is 7.89. The van der Waals surface area contributed by atoms with Gasteiger partial charge in [0, 0.05) is 19.8 Å². The van der Waals surface area contributed by atoms with Crippen LogP contribution in [0.15, 0.2) is 52.0 Å². The van der Waals surface area contributed by atoms with Crippen molar-refractivity contribution in [2.24, 2.45) is 7.05 Å². The van der Waals surface area contributed by atoms with Gasteiger partial charge in [-0.15, -0.1) is 0 Å². The fourth-order valence-corrected chi connectivity index (χ4v) is 4.85. The van der Waals surface area contributed by atoms with E-state index in [1.165, 1.54) is 4.31 Å². The fraction of sp³-hybridized carbons (Fsp3) is 0.353. The van der Waals surface area contributed by atoms with E-state index in [9.17, 15) is 8.42 Å². The van der Waals surface area contributed by atoms with E-state index < -0.39 is 16.1 Å². The van der Waals surface area contributed by atoms with Gasteiger partial charge >= 0.3 is 0 Å². The van der Waals surface area contributed by atoms with Gasteiger partial charge < -0.3 is 4.52 Å². The molecular weight excluding hydrogens is 354 g/mol. The highest BCUT2D eigenvalue weighted by Gasteiger charge is 2.37. The Labute approximate surface area is 151 Å². The summed E-state index contributed by atoms with van der Waals surface area (Å²) in [4.78, 5) is 4.69. The molecule has 3 heterocycles. The summed E-state index contributed by atoms with van der Waals surface area (Å²) in [6.07, 6.45) is 4.16. The summed E-state index contributed by atoms with van der Waals surface area (Å²) in [5.74, 6) is 0.674. The van der Waals surface area contributed by atoms with Gasteiger partial charge in [0.15, 0.2) is 0 Å². The molecule has 4 rings (SSSR count). The number of rotatable bonds is 4. The minimum absolute atomic E-state index is 0.274. The van der Waals surface area contributed by atoms with Crippen LogP contribution in [0.5, 0.6) is 0 Å². The maximum atomic E-state index is 13.1. The number of sulfonamides is 1. The van der Waals surface area contributed by atoms with Crippen LogP contribution in [0.1, 0.15) is 31.2 Å². The zero-order valence-electron chi connectivity index (χ0n) is 14.3. The Morgan fingerprint density at radius 3 is 2.69 bits per heavy atom. The lowest BCUT2D eigenvalue weighted by molar-refractivity contribution is 0.204. The number of aromatic nitrogens is 4. The van der Waals surface area contributed by atoms with Crippen LogP contribution < -0.4 is 0 Å². The first-order valence-electron chi connectivity index (χ1n) is 8.46. The number of piperidine rings is 1. The molecule has 1 fully saturated rings. The number of aryl methyl sites for hydroxylation is 1. The molecule has 1 unspecified atom stereocenters. The standard InChI is InChI=1S/C17H19N5O3S/c1-21-12-10-14(19-21)16-18-17(25-20-16)15-9-5-6-11-22(15)26(23,24)13-7-3-2-4-8-13/h2-4,7-8,10,12,15H,5-6,9,11H2,1H3. The molecule has 0 bridgehead atoms. The summed E-state index contributed by atoms with van der Waals surface area (Å²) in [5, 5.41) is 8.24. The van der Waals surface area contributed by atoms with Crippen molar-refractivity contribution in [1.82, 2.24) is 24.2 Å². The van der Waals surface area contributed by atoms with Crippen LogP contribution in [0.3, 0.4) is 0 Å². The summed E-state index contributed by atoms with van der Waals surface area (Å²) in [6, 6.07) is 9.77. The molecule has 8 nitrogen and oxygen atoms in total. The molecule has 136 valence electrons. The van der Waals surface area contributed by atoms with E-state index in [2.05, 4.69) is 15.2 Å². The zero-order valence-corrected chi connectivity index (χ0v) is 15.1. The second-order valence-corrected chi connectivity index (χ2v) is 8.16. The predicted octanol–water partition coefficient (Wildman–Crippen LogP) is 2.39. The van der Waals surface area contributed by atoms with Crippen molar-refractivity contribution in [2.75, 3.05) is 6.54 Å². The molecule has 3 aromatic rings. The van der Waals surface area contributed by atoms with E-state index in [-0.39, 0.29) is 4.90 Å². The lowest BCUT2D eigenvalue weighted by atomic mass is 10.1. The van der Waals surface area contributed by atoms with Crippen molar-refractivity contribution in [3.05, 3.63) is 48.5 Å². The van der Waals surface area contributed by atoms with Gasteiger partial charge in [-0.1, -0.05) is 29.8 Å². The van der Waals surface area contributed by atoms with E-state index in [1.54, 1.807) is 54.3 Å². The van der Waals surface area contributed by atoms with E-state index in [1.807, 2.05) is 0 Å². The molecule has 1 atom stereocenters. The smallest absolute Gasteiger partial charge is 0.245 e. The second-order valence-electron chi connectivity index (χ2n) is 6.27. The number of hydrogen-bond acceptors (Lipinski definition) is 6. The van der Waals surface area contributed by atoms with Crippen molar-refractivity contribution in [1.29, 1.82) is 0 Å². The summed E-state index contributed by atoms with van der Waals surface area (Å²) >= 11 is 0. The van der Waals surface area contributed by atoms with Crippen LogP contribution in [0.2, 0.25) is 0 Å². The van der Waals surface area contributed by atoms with Gasteiger partial charge in [0.2, 0.25) is 21.7 Å². The van der Waals surface area contributed by atoms with Gasteiger partial charge in [0.25, 0.3) is 0 Å². The zero-order chi connectivity index (χ0) is 18.1. The third-order valence-corrected chi connectivity index (χ3v) is 6.40. The highest BCUT2D eigenvalue weighted by Crippen LogP contribution is 2.35. The molecule has 0 spiro atoms. The first-order valence-corrected chi connectivity index (χ1v) is 9.90. The summed E-state index contributed by atoms with van der Waals surface area (Å²) in [7, 11) is -1.82. The average molecular weight is 373 g/mol. The Balaban J connectivity index is 1.67. The second kappa shape index (κ2) is 6.65. The van der Waals surface area contributed by atoms with Crippen LogP contribution >= 0.6 is 0 Å². The summed E-state index contributed by atoms with van der Waals surface area (Å²) < 4.78 is 34.7. The van der Waals surface area contributed by atoms with E-state index in [0.717, 1.165) is 12.8 Å². The van der Waals surface area contributed by atoms with E-state index in [4.69, 9.17) is 4.52 Å². The van der Waals surface area contributed by atoms with E-state index in [0.29, 0.717) is 30.4 Å². The Morgan fingerprint density at radius 1 is 1.15 bits per heavy atom. The molecule has 1 saturated heterocycles. The highest BCUT2D eigenvalue weighted by atomic mass is 32.2. The number of benzene rings is 1. The molecule has 9 heteroatoms. The molecule has 1 aliphatic rings. The SMILES string of the molecule is Cn1ccc(-c2noc(C3CCCCN3S(=O)(=O)c3ccccc3)n2)n1. The van der Waals surface area contributed by atoms with Gasteiger partial charge in [0.05, 0.1) is 4.90 Å². The molecule has 0 saturated carbocycles. The Morgan fingerprint density at radius 2 is 1.96 bits per heavy atom. The summed E-state index contributed by atoms with van der Waals surface area (Å²) in [6.45, 7) is 0.434. The first-order chi connectivity index (χ1) is 12.6. The lowest BCUT2D eigenvalue weighted by Gasteiger charge is -2.32. The first kappa shape index (κ1) is 16.9. The minimum atomic E-state index is -3.62. The van der Waals surface area contributed by atoms with Gasteiger partial charge in [0.1, 0.15) is 11.7 Å². The Bertz CT molecular complexity index is 996. The normalized spacial score (nSPS) is 18.9. The monoisotopic (exact) mass is 373 g/mol. The fourth-order valence-electron chi connectivity index (χ4n) is 3.18. The van der Waals surface area contributed by atoms with Gasteiger partial charge in [-0.25, -0.2) is 8.42 Å². The third kappa shape index (κ3) is 3.04. The topological polar surface area (TPSA) is 94.1 Å². The molecular formula is C17H19N5O3S. The molecule has 1 aliphatic heterocycles. The third-order valence-electron chi connectivity index (χ3n) is 4.47. The van der Waals surface area contributed by atoms with Crippen molar-refractivity contribution >= 4 is 10.0 Å². The van der Waals surface area contributed by atoms with Crippen molar-refractivity contribution < 1.29 is 12.9 Å². The molecule has 2 aromatic heterocycles. The number of hydrogen-bond donors (Lipinski definition) is 0. The molecule has 0 amide bonds. The van der Waals surface area contributed by atoms with Crippen molar-refractivity contribution in [3.8, 4) is 11.5 Å². The maximum absolute atomic E-state index is 13.1. The molecule has 0 radical (unpaired) electrons. The molecule has 0 aliphatic carbocycles. The molecule has 26 heavy (non-hydrogen) atoms. The Kier molecular flexibility index (Phi) is 4.33. The minimum Gasteiger partial charge on any atom is -0.337 e. The summed E-state index contributed by atoms with van der Waals surface area (Å²) in [5.41, 5.74) is 0.593. The molecule has 1 aromatic carbocycles. The quantitative estimate of drug-likeness (QED) is 0.697. The largest absolute Gasteiger partial charge is 0.337 e. The van der Waals surface area contributed by atoms with Crippen molar-refractivity contribution in [3.63, 3.8) is 0 Å². The maximum Gasteiger partial charge on any atom is 0.245 e.